The third kappa shape index (κ3) is 3.37. The minimum Gasteiger partial charge on any atom is -0.394 e. The van der Waals surface area contributed by atoms with Crippen molar-refractivity contribution in [1.29, 1.82) is 0 Å². The molecule has 1 atom stereocenters. The lowest BCUT2D eigenvalue weighted by molar-refractivity contribution is 0.277. The van der Waals surface area contributed by atoms with E-state index < -0.39 is 0 Å². The molecule has 4 heteroatoms. The number of aliphatic hydroxyl groups is 1. The number of hydrogen-bond acceptors (Lipinski definition) is 4. The molecule has 0 radical (unpaired) electrons. The number of thioether (sulfide) groups is 2. The van der Waals surface area contributed by atoms with E-state index in [9.17, 15) is 0 Å². The molecule has 1 aliphatic rings. The summed E-state index contributed by atoms with van der Waals surface area (Å²) in [7, 11) is 0. The SMILES string of the molecule is CCCCSC1=N[C@H](CO)CS1. The largest absolute Gasteiger partial charge is 0.394 e. The van der Waals surface area contributed by atoms with Gasteiger partial charge in [-0.25, -0.2) is 0 Å². The maximum atomic E-state index is 8.83. The molecule has 1 aliphatic heterocycles. The molecule has 0 saturated carbocycles. The molecular formula is C8H15NOS2. The van der Waals surface area contributed by atoms with Crippen LogP contribution in [0.1, 0.15) is 19.8 Å². The van der Waals surface area contributed by atoms with E-state index in [0.717, 1.165) is 5.75 Å². The molecule has 1 rings (SSSR count). The van der Waals surface area contributed by atoms with Crippen LogP contribution < -0.4 is 0 Å². The molecule has 0 saturated heterocycles. The Morgan fingerprint density at radius 1 is 1.75 bits per heavy atom. The molecule has 0 aromatic rings. The first-order chi connectivity index (χ1) is 5.86. The molecule has 0 aromatic carbocycles. The van der Waals surface area contributed by atoms with Gasteiger partial charge in [0.25, 0.3) is 0 Å². The van der Waals surface area contributed by atoms with Crippen molar-refractivity contribution in [2.45, 2.75) is 25.8 Å². The van der Waals surface area contributed by atoms with Gasteiger partial charge < -0.3 is 5.11 Å². The summed E-state index contributed by atoms with van der Waals surface area (Å²) < 4.78 is 1.17. The normalized spacial score (nSPS) is 22.8. The van der Waals surface area contributed by atoms with Gasteiger partial charge >= 0.3 is 0 Å². The van der Waals surface area contributed by atoms with Crippen molar-refractivity contribution in [3.63, 3.8) is 0 Å². The van der Waals surface area contributed by atoms with Gasteiger partial charge in [-0.2, -0.15) is 0 Å². The summed E-state index contributed by atoms with van der Waals surface area (Å²) in [4.78, 5) is 4.37. The highest BCUT2D eigenvalue weighted by atomic mass is 32.2. The summed E-state index contributed by atoms with van der Waals surface area (Å²) in [5.74, 6) is 2.13. The van der Waals surface area contributed by atoms with E-state index in [0.29, 0.717) is 0 Å². The standard InChI is InChI=1S/C8H15NOS2/c1-2-3-4-11-8-9-7(5-10)6-12-8/h7,10H,2-6H2,1H3/t7-/m1/s1. The summed E-state index contributed by atoms with van der Waals surface area (Å²) in [5, 5.41) is 8.83. The van der Waals surface area contributed by atoms with Crippen molar-refractivity contribution >= 4 is 27.9 Å². The number of hydrogen-bond donors (Lipinski definition) is 1. The molecule has 0 aromatic heterocycles. The van der Waals surface area contributed by atoms with Crippen molar-refractivity contribution in [3.05, 3.63) is 0 Å². The fraction of sp³-hybridized carbons (Fsp3) is 0.875. The summed E-state index contributed by atoms with van der Waals surface area (Å²) >= 11 is 3.61. The minimum absolute atomic E-state index is 0.166. The first-order valence-corrected chi connectivity index (χ1v) is 6.28. The van der Waals surface area contributed by atoms with Crippen LogP contribution in [0.2, 0.25) is 0 Å². The average molecular weight is 205 g/mol. The van der Waals surface area contributed by atoms with Gasteiger partial charge in [0.05, 0.1) is 12.6 Å². The Morgan fingerprint density at radius 2 is 2.58 bits per heavy atom. The summed E-state index contributed by atoms with van der Waals surface area (Å²) in [5.41, 5.74) is 0. The maximum absolute atomic E-state index is 8.83. The predicted molar refractivity (Wildman–Crippen MR) is 58.1 cm³/mol. The van der Waals surface area contributed by atoms with Crippen LogP contribution >= 0.6 is 23.5 Å². The second kappa shape index (κ2) is 5.89. The lowest BCUT2D eigenvalue weighted by Crippen LogP contribution is -2.08. The highest BCUT2D eigenvalue weighted by Crippen LogP contribution is 2.26. The molecule has 0 unspecified atom stereocenters. The van der Waals surface area contributed by atoms with E-state index in [-0.39, 0.29) is 12.6 Å². The third-order valence-corrected chi connectivity index (χ3v) is 4.08. The fourth-order valence-corrected chi connectivity index (χ4v) is 3.22. The van der Waals surface area contributed by atoms with E-state index in [1.54, 1.807) is 11.8 Å². The molecule has 0 fully saturated rings. The Bertz CT molecular complexity index is 161. The van der Waals surface area contributed by atoms with Crippen molar-refractivity contribution in [2.24, 2.45) is 4.99 Å². The molecule has 0 bridgehead atoms. The Labute approximate surface area is 82.2 Å². The zero-order chi connectivity index (χ0) is 8.81. The second-order valence-electron chi connectivity index (χ2n) is 2.74. The van der Waals surface area contributed by atoms with E-state index in [2.05, 4.69) is 11.9 Å². The van der Waals surface area contributed by atoms with Crippen LogP contribution in [0.5, 0.6) is 0 Å². The van der Waals surface area contributed by atoms with Crippen LogP contribution in [0, 0.1) is 0 Å². The zero-order valence-electron chi connectivity index (χ0n) is 7.32. The first-order valence-electron chi connectivity index (χ1n) is 4.31. The Kier molecular flexibility index (Phi) is 5.11. The monoisotopic (exact) mass is 205 g/mol. The molecule has 12 heavy (non-hydrogen) atoms. The third-order valence-electron chi connectivity index (χ3n) is 1.62. The number of nitrogens with zero attached hydrogens (tertiary/aromatic N) is 1. The molecule has 1 N–H and O–H groups in total. The smallest absolute Gasteiger partial charge is 0.125 e. The molecule has 0 amide bonds. The van der Waals surface area contributed by atoms with Crippen molar-refractivity contribution < 1.29 is 5.11 Å². The Balaban J connectivity index is 2.16. The van der Waals surface area contributed by atoms with Crippen molar-refractivity contribution in [3.8, 4) is 0 Å². The fourth-order valence-electron chi connectivity index (χ4n) is 0.867. The topological polar surface area (TPSA) is 32.6 Å². The number of aliphatic hydroxyl groups excluding tert-OH is 1. The maximum Gasteiger partial charge on any atom is 0.125 e. The van der Waals surface area contributed by atoms with Crippen LogP contribution in [0.3, 0.4) is 0 Å². The number of rotatable bonds is 4. The zero-order valence-corrected chi connectivity index (χ0v) is 8.96. The van der Waals surface area contributed by atoms with E-state index in [4.69, 9.17) is 5.11 Å². The highest BCUT2D eigenvalue weighted by Gasteiger charge is 2.16. The van der Waals surface area contributed by atoms with Crippen LogP contribution in [-0.4, -0.2) is 33.6 Å². The lowest BCUT2D eigenvalue weighted by Gasteiger charge is -1.96. The van der Waals surface area contributed by atoms with E-state index in [1.807, 2.05) is 11.8 Å². The van der Waals surface area contributed by atoms with E-state index in [1.165, 1.54) is 23.0 Å². The summed E-state index contributed by atoms with van der Waals surface area (Å²) in [6, 6.07) is 0.166. The molecule has 70 valence electrons. The predicted octanol–water partition coefficient (Wildman–Crippen LogP) is 1.98. The number of aliphatic imine (C=N–C) groups is 1. The van der Waals surface area contributed by atoms with Crippen LogP contribution in [-0.2, 0) is 0 Å². The van der Waals surface area contributed by atoms with Crippen LogP contribution in [0.25, 0.3) is 0 Å². The van der Waals surface area contributed by atoms with Gasteiger partial charge in [0.2, 0.25) is 0 Å². The van der Waals surface area contributed by atoms with Gasteiger partial charge in [-0.15, -0.1) is 0 Å². The van der Waals surface area contributed by atoms with Gasteiger partial charge in [-0.3, -0.25) is 4.99 Å². The van der Waals surface area contributed by atoms with Gasteiger partial charge in [0.15, 0.2) is 0 Å². The lowest BCUT2D eigenvalue weighted by atomic mass is 10.4. The molecule has 1 heterocycles. The van der Waals surface area contributed by atoms with Gasteiger partial charge in [0, 0.05) is 5.75 Å². The van der Waals surface area contributed by atoms with Gasteiger partial charge in [-0.05, 0) is 12.2 Å². The van der Waals surface area contributed by atoms with Crippen LogP contribution in [0.15, 0.2) is 4.99 Å². The molecule has 0 aliphatic carbocycles. The highest BCUT2D eigenvalue weighted by molar-refractivity contribution is 8.39. The van der Waals surface area contributed by atoms with Gasteiger partial charge in [0.1, 0.15) is 4.38 Å². The quantitative estimate of drug-likeness (QED) is 0.712. The van der Waals surface area contributed by atoms with Crippen molar-refractivity contribution in [2.75, 3.05) is 18.1 Å². The average Bonchev–Trinajstić information content (AvgIpc) is 2.53. The number of unbranched alkanes of at least 4 members (excludes halogenated alkanes) is 1. The summed E-state index contributed by atoms with van der Waals surface area (Å²) in [6.45, 7) is 2.39. The first kappa shape index (κ1) is 10.4. The Morgan fingerprint density at radius 3 is 3.17 bits per heavy atom. The molecular weight excluding hydrogens is 190 g/mol. The van der Waals surface area contributed by atoms with Gasteiger partial charge in [-0.1, -0.05) is 36.9 Å². The minimum atomic E-state index is 0.166. The van der Waals surface area contributed by atoms with E-state index >= 15 is 0 Å². The van der Waals surface area contributed by atoms with Crippen LogP contribution in [0.4, 0.5) is 0 Å². The molecule has 2 nitrogen and oxygen atoms in total. The van der Waals surface area contributed by atoms with Crippen molar-refractivity contribution in [1.82, 2.24) is 0 Å². The Hall–Kier alpha value is 0.330. The summed E-state index contributed by atoms with van der Waals surface area (Å²) in [6.07, 6.45) is 2.50. The second-order valence-corrected chi connectivity index (χ2v) is 5.10. The molecule has 0 spiro atoms.